The molecule has 0 radical (unpaired) electrons. The van der Waals surface area contributed by atoms with Gasteiger partial charge in [0.05, 0.1) is 26.2 Å². The number of halogens is 1. The second kappa shape index (κ2) is 13.7. The molecule has 0 aromatic carbocycles. The van der Waals surface area contributed by atoms with Gasteiger partial charge >= 0.3 is 0 Å². The first-order valence-electron chi connectivity index (χ1n) is 8.09. The van der Waals surface area contributed by atoms with Crippen molar-refractivity contribution >= 4 is 0 Å². The maximum Gasteiger partial charge on any atom is 0.0786 e. The minimum atomic E-state index is 0. The number of unbranched alkanes of at least 4 members (excludes halogenated alkanes) is 4. The number of quaternary nitrogens is 1. The Morgan fingerprint density at radius 1 is 0.500 bits per heavy atom. The topological polar surface area (TPSA) is 0 Å². The normalized spacial score (nSPS) is 11.3. The monoisotopic (exact) mass is 277 g/mol. The van der Waals surface area contributed by atoms with E-state index in [2.05, 4.69) is 27.7 Å². The predicted molar refractivity (Wildman–Crippen MR) is 79.4 cm³/mol. The zero-order chi connectivity index (χ0) is 13.0. The van der Waals surface area contributed by atoms with E-state index in [1.54, 1.807) is 0 Å². The Morgan fingerprint density at radius 2 is 0.722 bits per heavy atom. The first-order valence-corrected chi connectivity index (χ1v) is 8.09. The van der Waals surface area contributed by atoms with Crippen LogP contribution in [0.2, 0.25) is 0 Å². The lowest BCUT2D eigenvalue weighted by atomic mass is 10.1. The first-order chi connectivity index (χ1) is 8.24. The molecule has 0 fully saturated rings. The van der Waals surface area contributed by atoms with E-state index in [-0.39, 0.29) is 12.4 Å². The molecular weight excluding hydrogens is 242 g/mol. The van der Waals surface area contributed by atoms with Crippen LogP contribution in [0.25, 0.3) is 0 Å². The van der Waals surface area contributed by atoms with Crippen molar-refractivity contribution in [1.29, 1.82) is 0 Å². The van der Waals surface area contributed by atoms with E-state index in [0.717, 1.165) is 0 Å². The summed E-state index contributed by atoms with van der Waals surface area (Å²) in [6.07, 6.45) is 11.1. The van der Waals surface area contributed by atoms with Crippen LogP contribution in [0.5, 0.6) is 0 Å². The van der Waals surface area contributed by atoms with Crippen molar-refractivity contribution in [3.05, 3.63) is 0 Å². The average molecular weight is 278 g/mol. The highest BCUT2D eigenvalue weighted by Gasteiger charge is 2.24. The van der Waals surface area contributed by atoms with Crippen LogP contribution >= 0.6 is 0 Å². The van der Waals surface area contributed by atoms with Crippen molar-refractivity contribution in [1.82, 2.24) is 0 Å². The zero-order valence-corrected chi connectivity index (χ0v) is 14.1. The minimum Gasteiger partial charge on any atom is -1.00 e. The third-order valence-electron chi connectivity index (χ3n) is 3.94. The summed E-state index contributed by atoms with van der Waals surface area (Å²) in [5.74, 6) is 0. The summed E-state index contributed by atoms with van der Waals surface area (Å²) in [5, 5.41) is 0. The number of nitrogens with zero attached hydrogens (tertiary/aromatic N) is 1. The molecule has 0 aromatic rings. The van der Waals surface area contributed by atoms with Gasteiger partial charge in [-0.3, -0.25) is 0 Å². The van der Waals surface area contributed by atoms with Gasteiger partial charge in [0.15, 0.2) is 0 Å². The van der Waals surface area contributed by atoms with E-state index in [1.165, 1.54) is 82.0 Å². The van der Waals surface area contributed by atoms with E-state index in [9.17, 15) is 0 Å². The largest absolute Gasteiger partial charge is 1.00 e. The van der Waals surface area contributed by atoms with Crippen molar-refractivity contribution in [3.63, 3.8) is 0 Å². The molecule has 0 saturated carbocycles. The Kier molecular flexibility index (Phi) is 15.6. The molecule has 1 nitrogen and oxygen atoms in total. The van der Waals surface area contributed by atoms with Crippen LogP contribution in [0.1, 0.15) is 79.1 Å². The fourth-order valence-electron chi connectivity index (χ4n) is 2.64. The predicted octanol–water partition coefficient (Wildman–Crippen LogP) is 2.01. The lowest BCUT2D eigenvalue weighted by Gasteiger charge is -2.39. The van der Waals surface area contributed by atoms with E-state index in [4.69, 9.17) is 0 Å². The van der Waals surface area contributed by atoms with Crippen LogP contribution in [0.3, 0.4) is 0 Å². The van der Waals surface area contributed by atoms with Crippen LogP contribution in [-0.2, 0) is 0 Å². The average Bonchev–Trinajstić information content (AvgIpc) is 2.37. The van der Waals surface area contributed by atoms with E-state index in [1.807, 2.05) is 0 Å². The molecule has 0 heterocycles. The van der Waals surface area contributed by atoms with Crippen LogP contribution in [0, 0.1) is 0 Å². The van der Waals surface area contributed by atoms with Crippen LogP contribution in [-0.4, -0.2) is 30.7 Å². The van der Waals surface area contributed by atoms with Gasteiger partial charge in [0, 0.05) is 0 Å². The number of hydrogen-bond acceptors (Lipinski definition) is 0. The van der Waals surface area contributed by atoms with Gasteiger partial charge in [0.1, 0.15) is 0 Å². The van der Waals surface area contributed by atoms with E-state index >= 15 is 0 Å². The Bertz CT molecular complexity index is 122. The summed E-state index contributed by atoms with van der Waals surface area (Å²) in [6, 6.07) is 0. The molecule has 18 heavy (non-hydrogen) atoms. The second-order valence-electron chi connectivity index (χ2n) is 5.65. The molecule has 0 amide bonds. The van der Waals surface area contributed by atoms with Crippen LogP contribution in [0.4, 0.5) is 0 Å². The van der Waals surface area contributed by atoms with Crippen molar-refractivity contribution in [2.24, 2.45) is 0 Å². The Balaban J connectivity index is 0. The highest BCUT2D eigenvalue weighted by molar-refractivity contribution is 4.49. The first kappa shape index (κ1) is 20.6. The molecular formula is C16H36ClN. The maximum atomic E-state index is 2.33. The van der Waals surface area contributed by atoms with Gasteiger partial charge in [-0.15, -0.1) is 0 Å². The fraction of sp³-hybridized carbons (Fsp3) is 1.00. The molecule has 112 valence electrons. The fourth-order valence-corrected chi connectivity index (χ4v) is 2.64. The number of rotatable bonds is 12. The van der Waals surface area contributed by atoms with Crippen LogP contribution in [0.15, 0.2) is 0 Å². The molecule has 0 spiro atoms. The Morgan fingerprint density at radius 3 is 0.889 bits per heavy atom. The molecule has 0 aliphatic carbocycles. The van der Waals surface area contributed by atoms with E-state index < -0.39 is 0 Å². The summed E-state index contributed by atoms with van der Waals surface area (Å²) in [5.41, 5.74) is 0. The van der Waals surface area contributed by atoms with Gasteiger partial charge in [-0.05, 0) is 25.7 Å². The van der Waals surface area contributed by atoms with Crippen LogP contribution < -0.4 is 12.4 Å². The van der Waals surface area contributed by atoms with Crippen molar-refractivity contribution in [3.8, 4) is 0 Å². The summed E-state index contributed by atoms with van der Waals surface area (Å²) in [7, 11) is 0. The van der Waals surface area contributed by atoms with Gasteiger partial charge in [-0.25, -0.2) is 0 Å². The summed E-state index contributed by atoms with van der Waals surface area (Å²) in [6.45, 7) is 15.0. The lowest BCUT2D eigenvalue weighted by molar-refractivity contribution is -0.929. The van der Waals surface area contributed by atoms with Gasteiger partial charge in [-0.2, -0.15) is 0 Å². The number of hydrogen-bond donors (Lipinski definition) is 0. The third-order valence-corrected chi connectivity index (χ3v) is 3.94. The summed E-state index contributed by atoms with van der Waals surface area (Å²) in [4.78, 5) is 0. The minimum absolute atomic E-state index is 0. The second-order valence-corrected chi connectivity index (χ2v) is 5.65. The van der Waals surface area contributed by atoms with Crippen molar-refractivity contribution < 1.29 is 16.9 Å². The molecule has 0 aliphatic heterocycles. The smallest absolute Gasteiger partial charge is 0.0786 e. The lowest BCUT2D eigenvalue weighted by Crippen LogP contribution is -3.00. The molecule has 0 N–H and O–H groups in total. The molecule has 0 aromatic heterocycles. The van der Waals surface area contributed by atoms with E-state index in [0.29, 0.717) is 0 Å². The highest BCUT2D eigenvalue weighted by Crippen LogP contribution is 2.16. The molecule has 0 unspecified atom stereocenters. The molecule has 0 saturated heterocycles. The Labute approximate surface area is 122 Å². The molecule has 0 atom stereocenters. The van der Waals surface area contributed by atoms with Gasteiger partial charge in [0.2, 0.25) is 0 Å². The molecule has 0 aliphatic rings. The highest BCUT2D eigenvalue weighted by atomic mass is 35.5. The van der Waals surface area contributed by atoms with Crippen molar-refractivity contribution in [2.75, 3.05) is 26.2 Å². The maximum absolute atomic E-state index is 2.33. The molecule has 0 bridgehead atoms. The molecule has 0 rings (SSSR count). The van der Waals surface area contributed by atoms with Gasteiger partial charge < -0.3 is 16.9 Å². The summed E-state index contributed by atoms with van der Waals surface area (Å²) >= 11 is 0. The van der Waals surface area contributed by atoms with Gasteiger partial charge in [-0.1, -0.05) is 53.4 Å². The SMILES string of the molecule is CCCC[N+](CCCC)(CCCC)CCCC.[Cl-]. The third kappa shape index (κ3) is 9.22. The van der Waals surface area contributed by atoms with Crippen molar-refractivity contribution in [2.45, 2.75) is 79.1 Å². The quantitative estimate of drug-likeness (QED) is 0.479. The molecule has 2 heteroatoms. The summed E-state index contributed by atoms with van der Waals surface area (Å²) < 4.78 is 1.42. The zero-order valence-electron chi connectivity index (χ0n) is 13.3. The standard InChI is InChI=1S/C16H36N.ClH/c1-5-9-13-17(14-10-6-2,15-11-7-3)16-12-8-4;/h5-16H2,1-4H3;1H/q+1;/p-1. The Hall–Kier alpha value is 0.250. The van der Waals surface area contributed by atoms with Gasteiger partial charge in [0.25, 0.3) is 0 Å².